The highest BCUT2D eigenvalue weighted by Gasteiger charge is 2.52. The van der Waals surface area contributed by atoms with Crippen LogP contribution in [-0.4, -0.2) is 49.2 Å². The first kappa shape index (κ1) is 22.4. The minimum absolute atomic E-state index is 0.0379. The van der Waals surface area contributed by atoms with E-state index < -0.39 is 34.4 Å². The van der Waals surface area contributed by atoms with Crippen molar-refractivity contribution in [2.75, 3.05) is 13.1 Å². The van der Waals surface area contributed by atoms with Crippen molar-refractivity contribution in [3.63, 3.8) is 0 Å². The molecule has 0 aliphatic carbocycles. The Kier molecular flexibility index (Phi) is 5.81. The van der Waals surface area contributed by atoms with Crippen LogP contribution in [0, 0.1) is 11.3 Å². The van der Waals surface area contributed by atoms with E-state index in [1.165, 1.54) is 6.20 Å². The summed E-state index contributed by atoms with van der Waals surface area (Å²) in [6, 6.07) is 11.7. The molecular formula is C21H15ClF2IN5O2. The Balaban J connectivity index is 1.61. The number of carbonyl (C=O) groups is 2. The number of rotatable bonds is 5. The van der Waals surface area contributed by atoms with Crippen molar-refractivity contribution >= 4 is 57.0 Å². The number of benzene rings is 1. The van der Waals surface area contributed by atoms with Crippen LogP contribution in [0.3, 0.4) is 0 Å². The number of amides is 2. The molecule has 2 N–H and O–H groups in total. The molecule has 1 atom stereocenters. The third kappa shape index (κ3) is 4.54. The molecule has 11 heteroatoms. The Morgan fingerprint density at radius 1 is 1.31 bits per heavy atom. The van der Waals surface area contributed by atoms with Gasteiger partial charge >= 0.3 is 0 Å². The van der Waals surface area contributed by atoms with Crippen LogP contribution in [0.2, 0.25) is 5.02 Å². The van der Waals surface area contributed by atoms with Crippen LogP contribution in [0.15, 0.2) is 42.6 Å². The van der Waals surface area contributed by atoms with E-state index in [1.807, 2.05) is 6.07 Å². The smallest absolute Gasteiger partial charge is 0.282 e. The molecule has 164 valence electrons. The summed E-state index contributed by atoms with van der Waals surface area (Å²) in [5.74, 6) is -4.16. The fraction of sp³-hybridized carbons (Fsp3) is 0.238. The first-order valence-electron chi connectivity index (χ1n) is 9.40. The predicted octanol–water partition coefficient (Wildman–Crippen LogP) is 3.67. The summed E-state index contributed by atoms with van der Waals surface area (Å²) < 4.78 is 25.3. The van der Waals surface area contributed by atoms with Gasteiger partial charge in [-0.05, 0) is 52.4 Å². The molecule has 1 aliphatic rings. The van der Waals surface area contributed by atoms with Crippen molar-refractivity contribution in [1.29, 1.82) is 5.26 Å². The highest BCUT2D eigenvalue weighted by atomic mass is 127. The Labute approximate surface area is 199 Å². The van der Waals surface area contributed by atoms with E-state index in [0.717, 1.165) is 4.90 Å². The first-order chi connectivity index (χ1) is 15.1. The molecule has 1 aliphatic heterocycles. The second-order valence-corrected chi connectivity index (χ2v) is 9.81. The lowest BCUT2D eigenvalue weighted by Gasteiger charge is -2.43. The number of hydrogen-bond acceptors (Lipinski definition) is 4. The zero-order chi connectivity index (χ0) is 23.1. The van der Waals surface area contributed by atoms with Gasteiger partial charge in [-0.15, -0.1) is 0 Å². The van der Waals surface area contributed by atoms with E-state index in [1.54, 1.807) is 59.0 Å². The molecule has 1 saturated heterocycles. The molecule has 3 heterocycles. The number of pyridine rings is 1. The number of aromatic amines is 1. The summed E-state index contributed by atoms with van der Waals surface area (Å²) >= 11 is 7.73. The fourth-order valence-corrected chi connectivity index (χ4v) is 4.61. The van der Waals surface area contributed by atoms with E-state index in [4.69, 9.17) is 16.9 Å². The number of nitrogens with zero attached hydrogens (tertiary/aromatic N) is 3. The van der Waals surface area contributed by atoms with Crippen molar-refractivity contribution in [1.82, 2.24) is 20.2 Å². The Morgan fingerprint density at radius 3 is 2.62 bits per heavy atom. The maximum atomic E-state index is 13.4. The minimum Gasteiger partial charge on any atom is -0.335 e. The normalized spacial score (nSPS) is 16.7. The summed E-state index contributed by atoms with van der Waals surface area (Å²) in [6.45, 7) is -1.40. The van der Waals surface area contributed by atoms with Crippen molar-refractivity contribution < 1.29 is 18.4 Å². The third-order valence-electron chi connectivity index (χ3n) is 4.99. The highest BCUT2D eigenvalue weighted by molar-refractivity contribution is 14.1. The van der Waals surface area contributed by atoms with E-state index in [0.29, 0.717) is 27.2 Å². The number of likely N-dealkylation sites (tertiary alicyclic amines) is 1. The monoisotopic (exact) mass is 569 g/mol. The van der Waals surface area contributed by atoms with Crippen molar-refractivity contribution in [2.45, 2.75) is 15.9 Å². The van der Waals surface area contributed by atoms with Gasteiger partial charge in [-0.2, -0.15) is 5.26 Å². The molecule has 1 aromatic carbocycles. The molecule has 32 heavy (non-hydrogen) atoms. The lowest BCUT2D eigenvalue weighted by atomic mass is 10.0. The topological polar surface area (TPSA) is 102 Å². The third-order valence-corrected chi connectivity index (χ3v) is 6.31. The van der Waals surface area contributed by atoms with Gasteiger partial charge in [-0.25, -0.2) is 13.8 Å². The predicted molar refractivity (Wildman–Crippen MR) is 122 cm³/mol. The fourth-order valence-electron chi connectivity index (χ4n) is 3.42. The van der Waals surface area contributed by atoms with Gasteiger partial charge in [0.2, 0.25) is 0 Å². The number of aromatic nitrogens is 2. The summed E-state index contributed by atoms with van der Waals surface area (Å²) in [4.78, 5) is 34.1. The molecule has 4 rings (SSSR count). The number of nitriles is 1. The largest absolute Gasteiger partial charge is 0.335 e. The van der Waals surface area contributed by atoms with Gasteiger partial charge in [-0.1, -0.05) is 23.7 Å². The number of nitrogens with one attached hydrogen (secondary N) is 2. The molecular weight excluding hydrogens is 555 g/mol. The molecule has 2 amide bonds. The minimum atomic E-state index is -2.94. The van der Waals surface area contributed by atoms with E-state index in [9.17, 15) is 18.4 Å². The molecule has 7 nitrogen and oxygen atoms in total. The SMILES string of the molecule is N#Cc1ccc(C[C@@](I)(NC(=O)c2cc3cc(Cl)cnc3[nH]2)C(=O)N2CC(F)(F)C2)cc1. The van der Waals surface area contributed by atoms with Gasteiger partial charge in [0.1, 0.15) is 11.3 Å². The van der Waals surface area contributed by atoms with Crippen LogP contribution in [-0.2, 0) is 11.2 Å². The lowest BCUT2D eigenvalue weighted by molar-refractivity contribution is -0.168. The summed E-state index contributed by atoms with van der Waals surface area (Å²) in [5.41, 5.74) is 1.69. The van der Waals surface area contributed by atoms with Crippen LogP contribution < -0.4 is 5.32 Å². The summed E-state index contributed by atoms with van der Waals surface area (Å²) in [5, 5.41) is 12.7. The lowest BCUT2D eigenvalue weighted by Crippen LogP contribution is -2.66. The molecule has 0 radical (unpaired) electrons. The number of fused-ring (bicyclic) bond motifs is 1. The zero-order valence-corrected chi connectivity index (χ0v) is 19.2. The maximum Gasteiger partial charge on any atom is 0.282 e. The average molecular weight is 570 g/mol. The average Bonchev–Trinajstić information content (AvgIpc) is 3.15. The summed E-state index contributed by atoms with van der Waals surface area (Å²) in [6.07, 6.45) is 1.47. The molecule has 0 spiro atoms. The number of alkyl halides is 3. The van der Waals surface area contributed by atoms with Crippen molar-refractivity contribution in [3.8, 4) is 6.07 Å². The van der Waals surface area contributed by atoms with Gasteiger partial charge in [0.15, 0.2) is 3.55 Å². The number of hydrogen-bond donors (Lipinski definition) is 2. The van der Waals surface area contributed by atoms with Crippen LogP contribution in [0.25, 0.3) is 11.0 Å². The molecule has 0 saturated carbocycles. The maximum absolute atomic E-state index is 13.4. The molecule has 1 fully saturated rings. The molecule has 0 unspecified atom stereocenters. The van der Waals surface area contributed by atoms with Gasteiger partial charge in [0, 0.05) is 18.0 Å². The van der Waals surface area contributed by atoms with Crippen LogP contribution >= 0.6 is 34.2 Å². The van der Waals surface area contributed by atoms with Crippen molar-refractivity contribution in [3.05, 3.63) is 64.4 Å². The molecule has 3 aromatic rings. The van der Waals surface area contributed by atoms with Crippen LogP contribution in [0.1, 0.15) is 21.6 Å². The van der Waals surface area contributed by atoms with Gasteiger partial charge in [0.05, 0.1) is 29.7 Å². The Morgan fingerprint density at radius 2 is 2.00 bits per heavy atom. The number of halogens is 4. The number of carbonyl (C=O) groups excluding carboxylic acids is 2. The quantitative estimate of drug-likeness (QED) is 0.278. The second kappa shape index (κ2) is 8.29. The van der Waals surface area contributed by atoms with Gasteiger partial charge in [-0.3, -0.25) is 9.59 Å². The van der Waals surface area contributed by atoms with E-state index >= 15 is 0 Å². The van der Waals surface area contributed by atoms with Crippen LogP contribution in [0.5, 0.6) is 0 Å². The van der Waals surface area contributed by atoms with E-state index in [-0.39, 0.29) is 12.1 Å². The molecule has 2 aromatic heterocycles. The Hall–Kier alpha value is -2.78. The van der Waals surface area contributed by atoms with E-state index in [2.05, 4.69) is 15.3 Å². The standard InChI is InChI=1S/C21H15ClF2IN5O2/c22-15-5-14-6-16(28-17(14)27-9-15)18(31)29-21(25,19(32)30-10-20(23,24)11-30)7-12-1-3-13(8-26)4-2-12/h1-6,9H,7,10-11H2,(H,27,28)(H,29,31)/t21-/m1/s1. The Bertz CT molecular complexity index is 1250. The number of H-pyrrole nitrogens is 1. The first-order valence-corrected chi connectivity index (χ1v) is 10.9. The van der Waals surface area contributed by atoms with Gasteiger partial charge in [0.25, 0.3) is 17.7 Å². The summed E-state index contributed by atoms with van der Waals surface area (Å²) in [7, 11) is 0. The van der Waals surface area contributed by atoms with Gasteiger partial charge < -0.3 is 15.2 Å². The zero-order valence-electron chi connectivity index (χ0n) is 16.3. The van der Waals surface area contributed by atoms with Crippen LogP contribution in [0.4, 0.5) is 8.78 Å². The second-order valence-electron chi connectivity index (χ2n) is 7.53. The molecule has 0 bridgehead atoms. The highest BCUT2D eigenvalue weighted by Crippen LogP contribution is 2.33. The van der Waals surface area contributed by atoms with Crippen molar-refractivity contribution in [2.24, 2.45) is 0 Å².